The molecule has 0 aliphatic heterocycles. The van der Waals surface area contributed by atoms with Crippen molar-refractivity contribution in [2.75, 3.05) is 0 Å². The van der Waals surface area contributed by atoms with Crippen LogP contribution in [-0.4, -0.2) is 14.7 Å². The Morgan fingerprint density at radius 3 is 1.40 bits per heavy atom. The first-order valence-electron chi connectivity index (χ1n) is 8.48. The summed E-state index contributed by atoms with van der Waals surface area (Å²) in [6, 6.07) is 41.6. The zero-order chi connectivity index (χ0) is 16.9. The van der Waals surface area contributed by atoms with Crippen molar-refractivity contribution in [1.82, 2.24) is 0 Å². The molecule has 0 N–H and O–H groups in total. The van der Waals surface area contributed by atoms with Gasteiger partial charge in [-0.3, -0.25) is 0 Å². The molecule has 0 bridgehead atoms. The van der Waals surface area contributed by atoms with Crippen molar-refractivity contribution >= 4 is 27.7 Å². The maximum atomic E-state index is 2.32. The molecule has 1 heteroatoms. The molecule has 4 aromatic rings. The van der Waals surface area contributed by atoms with Crippen LogP contribution in [0.4, 0.5) is 0 Å². The fourth-order valence-corrected chi connectivity index (χ4v) is 8.30. The minimum atomic E-state index is -1.60. The van der Waals surface area contributed by atoms with Crippen LogP contribution in [0.5, 0.6) is 0 Å². The number of benzene rings is 4. The average Bonchev–Trinajstić information content (AvgIpc) is 2.71. The molecule has 0 fully saturated rings. The summed E-state index contributed by atoms with van der Waals surface area (Å²) in [4.78, 5) is 0. The monoisotopic (exact) mass is 382 g/mol. The Labute approximate surface area is 154 Å². The fraction of sp³-hybridized carbons (Fsp3) is 0. The summed E-state index contributed by atoms with van der Waals surface area (Å²) in [5, 5.41) is 0. The van der Waals surface area contributed by atoms with Crippen LogP contribution >= 0.6 is 0 Å². The van der Waals surface area contributed by atoms with Crippen LogP contribution in [0, 0.1) is 0 Å². The van der Waals surface area contributed by atoms with Crippen LogP contribution in [0.25, 0.3) is 11.1 Å². The molecule has 0 saturated carbocycles. The second kappa shape index (κ2) is 7.55. The normalized spacial score (nSPS) is 10.8. The van der Waals surface area contributed by atoms with Gasteiger partial charge in [0.2, 0.25) is 0 Å². The number of hydrogen-bond acceptors (Lipinski definition) is 0. The molecule has 25 heavy (non-hydrogen) atoms. The van der Waals surface area contributed by atoms with E-state index in [0.29, 0.717) is 0 Å². The summed E-state index contributed by atoms with van der Waals surface area (Å²) < 4.78 is 4.41. The summed E-state index contributed by atoms with van der Waals surface area (Å²) in [6.45, 7) is 0. The van der Waals surface area contributed by atoms with Gasteiger partial charge in [0.25, 0.3) is 0 Å². The quantitative estimate of drug-likeness (QED) is 0.470. The Kier molecular flexibility index (Phi) is 4.81. The average molecular weight is 382 g/mol. The van der Waals surface area contributed by atoms with Gasteiger partial charge in [-0.1, -0.05) is 0 Å². The molecule has 0 aliphatic carbocycles. The van der Waals surface area contributed by atoms with Crippen molar-refractivity contribution in [3.63, 3.8) is 0 Å². The van der Waals surface area contributed by atoms with Gasteiger partial charge in [0.15, 0.2) is 0 Å². The van der Waals surface area contributed by atoms with E-state index in [4.69, 9.17) is 0 Å². The standard InChI is InChI=1S/C24H19As/c1-4-12-20(13-5-1)23-18-10-11-19-24(23)25(21-14-6-2-7-15-21)22-16-8-3-9-17-22/h1-19H. The molecular formula is C24H19As. The van der Waals surface area contributed by atoms with E-state index in [-0.39, 0.29) is 0 Å². The third-order valence-electron chi connectivity index (χ3n) is 4.26. The van der Waals surface area contributed by atoms with Gasteiger partial charge in [-0.25, -0.2) is 0 Å². The molecule has 0 spiro atoms. The van der Waals surface area contributed by atoms with E-state index in [1.165, 1.54) is 24.2 Å². The summed E-state index contributed by atoms with van der Waals surface area (Å²) in [5.74, 6) is 0. The van der Waals surface area contributed by atoms with Gasteiger partial charge in [0, 0.05) is 0 Å². The zero-order valence-corrected chi connectivity index (χ0v) is 15.8. The van der Waals surface area contributed by atoms with Gasteiger partial charge < -0.3 is 0 Å². The first-order valence-corrected chi connectivity index (χ1v) is 11.3. The summed E-state index contributed by atoms with van der Waals surface area (Å²) in [5.41, 5.74) is 2.65. The van der Waals surface area contributed by atoms with E-state index < -0.39 is 14.7 Å². The third-order valence-corrected chi connectivity index (χ3v) is 9.51. The van der Waals surface area contributed by atoms with Gasteiger partial charge in [-0.2, -0.15) is 0 Å². The van der Waals surface area contributed by atoms with E-state index in [1.807, 2.05) is 0 Å². The summed E-state index contributed by atoms with van der Waals surface area (Å²) in [6.07, 6.45) is 0. The van der Waals surface area contributed by atoms with Gasteiger partial charge >= 0.3 is 154 Å². The molecule has 0 aromatic heterocycles. The SMILES string of the molecule is c1ccc(-c2ccccc2[As](c2ccccc2)c2ccccc2)cc1. The summed E-state index contributed by atoms with van der Waals surface area (Å²) in [7, 11) is 0. The number of rotatable bonds is 4. The molecule has 0 unspecified atom stereocenters. The van der Waals surface area contributed by atoms with Crippen molar-refractivity contribution in [3.05, 3.63) is 115 Å². The second-order valence-electron chi connectivity index (χ2n) is 5.89. The van der Waals surface area contributed by atoms with Gasteiger partial charge in [0.1, 0.15) is 0 Å². The van der Waals surface area contributed by atoms with Crippen LogP contribution < -0.4 is 13.1 Å². The van der Waals surface area contributed by atoms with Crippen LogP contribution in [0.2, 0.25) is 0 Å². The van der Waals surface area contributed by atoms with E-state index in [0.717, 1.165) is 0 Å². The van der Waals surface area contributed by atoms with Crippen LogP contribution in [0.15, 0.2) is 115 Å². The molecule has 0 nitrogen and oxygen atoms in total. The van der Waals surface area contributed by atoms with Crippen molar-refractivity contribution in [3.8, 4) is 11.1 Å². The molecule has 0 heterocycles. The Bertz CT molecular complexity index is 892. The molecular weight excluding hydrogens is 363 g/mol. The molecule has 0 amide bonds. The Morgan fingerprint density at radius 2 is 0.840 bits per heavy atom. The Balaban J connectivity index is 1.93. The van der Waals surface area contributed by atoms with Crippen LogP contribution in [0.1, 0.15) is 0 Å². The van der Waals surface area contributed by atoms with E-state index in [1.54, 1.807) is 0 Å². The van der Waals surface area contributed by atoms with E-state index in [9.17, 15) is 0 Å². The maximum absolute atomic E-state index is 2.32. The zero-order valence-electron chi connectivity index (χ0n) is 13.9. The molecule has 4 rings (SSSR count). The third kappa shape index (κ3) is 3.45. The molecule has 0 atom stereocenters. The Morgan fingerprint density at radius 1 is 0.400 bits per heavy atom. The topological polar surface area (TPSA) is 0 Å². The van der Waals surface area contributed by atoms with Crippen molar-refractivity contribution in [1.29, 1.82) is 0 Å². The second-order valence-corrected chi connectivity index (χ2v) is 10.5. The van der Waals surface area contributed by atoms with Crippen molar-refractivity contribution in [2.45, 2.75) is 0 Å². The molecule has 120 valence electrons. The molecule has 0 aliphatic rings. The van der Waals surface area contributed by atoms with Crippen molar-refractivity contribution < 1.29 is 0 Å². The first kappa shape index (κ1) is 15.9. The molecule has 0 saturated heterocycles. The van der Waals surface area contributed by atoms with Crippen molar-refractivity contribution in [2.24, 2.45) is 0 Å². The molecule has 4 aromatic carbocycles. The van der Waals surface area contributed by atoms with Gasteiger partial charge in [-0.15, -0.1) is 0 Å². The number of hydrogen-bond donors (Lipinski definition) is 0. The Hall–Kier alpha value is -2.56. The van der Waals surface area contributed by atoms with E-state index in [2.05, 4.69) is 115 Å². The van der Waals surface area contributed by atoms with Crippen LogP contribution in [-0.2, 0) is 0 Å². The minimum absolute atomic E-state index is 1.30. The predicted molar refractivity (Wildman–Crippen MR) is 109 cm³/mol. The van der Waals surface area contributed by atoms with Gasteiger partial charge in [0.05, 0.1) is 0 Å². The van der Waals surface area contributed by atoms with E-state index >= 15 is 0 Å². The predicted octanol–water partition coefficient (Wildman–Crippen LogP) is 3.87. The van der Waals surface area contributed by atoms with Crippen LogP contribution in [0.3, 0.4) is 0 Å². The van der Waals surface area contributed by atoms with Gasteiger partial charge in [-0.05, 0) is 0 Å². The summed E-state index contributed by atoms with van der Waals surface area (Å²) >= 11 is -1.60. The molecule has 0 radical (unpaired) electrons. The first-order chi connectivity index (χ1) is 12.4. The fourth-order valence-electron chi connectivity index (χ4n) is 3.11.